The topological polar surface area (TPSA) is 54.3 Å². The number of carbonyl (C=O) groups is 1. The highest BCUT2D eigenvalue weighted by atomic mass is 32.2. The molecule has 6 nitrogen and oxygen atoms in total. The van der Waals surface area contributed by atoms with Gasteiger partial charge in [-0.05, 0) is 63.3 Å². The smallest absolute Gasteiger partial charge is 0.235 e. The normalized spacial score (nSPS) is 20.3. The van der Waals surface area contributed by atoms with Gasteiger partial charge in [0.2, 0.25) is 5.91 Å². The molecule has 3 unspecified atom stereocenters. The maximum Gasteiger partial charge on any atom is 0.235 e. The maximum absolute atomic E-state index is 13.0. The summed E-state index contributed by atoms with van der Waals surface area (Å²) in [6.07, 6.45) is 1.20. The molecule has 1 aliphatic rings. The molecule has 0 N–H and O–H groups in total. The van der Waals surface area contributed by atoms with Crippen LogP contribution in [0.25, 0.3) is 11.4 Å². The fraction of sp³-hybridized carbons (Fsp3) is 0.609. The van der Waals surface area contributed by atoms with Gasteiger partial charge in [-0.2, -0.15) is 0 Å². The lowest BCUT2D eigenvalue weighted by Crippen LogP contribution is -2.45. The van der Waals surface area contributed by atoms with E-state index in [9.17, 15) is 4.79 Å². The summed E-state index contributed by atoms with van der Waals surface area (Å²) >= 11 is 1.50. The summed E-state index contributed by atoms with van der Waals surface area (Å²) in [6, 6.07) is 8.46. The van der Waals surface area contributed by atoms with Crippen molar-refractivity contribution in [3.8, 4) is 11.4 Å². The van der Waals surface area contributed by atoms with E-state index in [-0.39, 0.29) is 11.2 Å². The van der Waals surface area contributed by atoms with E-state index in [2.05, 4.69) is 67.1 Å². The number of benzene rings is 1. The van der Waals surface area contributed by atoms with Crippen LogP contribution in [0, 0.1) is 11.8 Å². The molecule has 1 aliphatic heterocycles. The molecule has 3 rings (SSSR count). The molecule has 0 radical (unpaired) electrons. The lowest BCUT2D eigenvalue weighted by atomic mass is 9.92. The third kappa shape index (κ3) is 4.99. The van der Waals surface area contributed by atoms with Crippen LogP contribution >= 0.6 is 11.8 Å². The Hall–Kier alpha value is -2.02. The van der Waals surface area contributed by atoms with E-state index in [0.717, 1.165) is 42.7 Å². The van der Waals surface area contributed by atoms with Gasteiger partial charge in [0.25, 0.3) is 0 Å². The molecule has 1 saturated heterocycles. The van der Waals surface area contributed by atoms with Gasteiger partial charge in [-0.25, -0.2) is 0 Å². The maximum atomic E-state index is 13.0. The van der Waals surface area contributed by atoms with Gasteiger partial charge in [-0.3, -0.25) is 4.79 Å². The lowest BCUT2D eigenvalue weighted by Gasteiger charge is -2.36. The van der Waals surface area contributed by atoms with Gasteiger partial charge in [-0.15, -0.1) is 10.2 Å². The lowest BCUT2D eigenvalue weighted by molar-refractivity contribution is -0.132. The molecule has 2 heterocycles. The number of aromatic nitrogens is 3. The first kappa shape index (κ1) is 22.7. The summed E-state index contributed by atoms with van der Waals surface area (Å²) < 4.78 is 1.99. The van der Waals surface area contributed by atoms with E-state index in [4.69, 9.17) is 0 Å². The quantitative estimate of drug-likeness (QED) is 0.614. The Morgan fingerprint density at radius 2 is 1.73 bits per heavy atom. The SMILES string of the molecule is CCN(CC)c1ccc(-c2nnc(SC(C)C(=O)N3CC(C)CC(C)C3)n2C)cc1. The molecule has 3 atom stereocenters. The Morgan fingerprint density at radius 1 is 1.13 bits per heavy atom. The molecule has 2 aromatic rings. The van der Waals surface area contributed by atoms with Crippen LogP contribution in [-0.2, 0) is 11.8 Å². The molecule has 1 amide bonds. The number of nitrogens with zero attached hydrogens (tertiary/aromatic N) is 5. The van der Waals surface area contributed by atoms with Crippen molar-refractivity contribution in [2.45, 2.75) is 51.4 Å². The largest absolute Gasteiger partial charge is 0.372 e. The molecule has 1 aromatic carbocycles. The van der Waals surface area contributed by atoms with E-state index < -0.39 is 0 Å². The highest BCUT2D eigenvalue weighted by Gasteiger charge is 2.29. The Balaban J connectivity index is 1.70. The fourth-order valence-corrected chi connectivity index (χ4v) is 5.29. The molecule has 164 valence electrons. The zero-order chi connectivity index (χ0) is 21.8. The minimum Gasteiger partial charge on any atom is -0.372 e. The van der Waals surface area contributed by atoms with Crippen LogP contribution in [0.2, 0.25) is 0 Å². The Bertz CT molecular complexity index is 836. The number of likely N-dealkylation sites (tertiary alicyclic amines) is 1. The first-order valence-corrected chi connectivity index (χ1v) is 11.9. The van der Waals surface area contributed by atoms with Gasteiger partial charge in [0, 0.05) is 44.5 Å². The van der Waals surface area contributed by atoms with Crippen molar-refractivity contribution in [2.24, 2.45) is 18.9 Å². The van der Waals surface area contributed by atoms with Gasteiger partial charge in [-0.1, -0.05) is 25.6 Å². The number of amides is 1. The Morgan fingerprint density at radius 3 is 2.30 bits per heavy atom. The molecule has 1 aromatic heterocycles. The summed E-state index contributed by atoms with van der Waals surface area (Å²) in [5.74, 6) is 2.15. The highest BCUT2D eigenvalue weighted by Crippen LogP contribution is 2.29. The summed E-state index contributed by atoms with van der Waals surface area (Å²) in [5.41, 5.74) is 2.25. The van der Waals surface area contributed by atoms with Crippen LogP contribution in [0.3, 0.4) is 0 Å². The van der Waals surface area contributed by atoms with Crippen molar-refractivity contribution >= 4 is 23.4 Å². The Labute approximate surface area is 185 Å². The van der Waals surface area contributed by atoms with Gasteiger partial charge >= 0.3 is 0 Å². The van der Waals surface area contributed by atoms with Crippen molar-refractivity contribution < 1.29 is 4.79 Å². The third-order valence-corrected chi connectivity index (χ3v) is 7.02. The number of piperidine rings is 1. The summed E-state index contributed by atoms with van der Waals surface area (Å²) in [4.78, 5) is 17.3. The molecule has 30 heavy (non-hydrogen) atoms. The molecular weight excluding hydrogens is 394 g/mol. The second-order valence-corrected chi connectivity index (χ2v) is 9.84. The van der Waals surface area contributed by atoms with Crippen LogP contribution in [0.1, 0.15) is 41.0 Å². The van der Waals surface area contributed by atoms with Crippen LogP contribution in [0.4, 0.5) is 5.69 Å². The molecule has 1 fully saturated rings. The fourth-order valence-electron chi connectivity index (χ4n) is 4.39. The van der Waals surface area contributed by atoms with Crippen LogP contribution < -0.4 is 4.90 Å². The van der Waals surface area contributed by atoms with Crippen molar-refractivity contribution in [3.05, 3.63) is 24.3 Å². The average molecular weight is 430 g/mol. The van der Waals surface area contributed by atoms with Crippen LogP contribution in [0.5, 0.6) is 0 Å². The van der Waals surface area contributed by atoms with Crippen molar-refractivity contribution in [1.82, 2.24) is 19.7 Å². The minimum absolute atomic E-state index is 0.178. The molecule has 0 bridgehead atoms. The minimum atomic E-state index is -0.178. The number of carbonyl (C=O) groups excluding carboxylic acids is 1. The third-order valence-electron chi connectivity index (χ3n) is 5.90. The van der Waals surface area contributed by atoms with Crippen LogP contribution in [0.15, 0.2) is 29.4 Å². The van der Waals surface area contributed by atoms with E-state index in [0.29, 0.717) is 11.8 Å². The van der Waals surface area contributed by atoms with Gasteiger partial charge in [0.15, 0.2) is 11.0 Å². The van der Waals surface area contributed by atoms with Crippen molar-refractivity contribution in [3.63, 3.8) is 0 Å². The van der Waals surface area contributed by atoms with E-state index in [1.54, 1.807) is 0 Å². The standard InChI is InChI=1S/C23H35N5OS/c1-7-27(8-2)20-11-9-19(10-12-20)21-24-25-23(26(21)6)30-18(5)22(29)28-14-16(3)13-17(4)15-28/h9-12,16-18H,7-8,13-15H2,1-6H3. The number of hydrogen-bond acceptors (Lipinski definition) is 5. The first-order valence-electron chi connectivity index (χ1n) is 11.0. The van der Waals surface area contributed by atoms with Crippen molar-refractivity contribution in [2.75, 3.05) is 31.1 Å². The summed E-state index contributed by atoms with van der Waals surface area (Å²) in [6.45, 7) is 14.5. The second-order valence-electron chi connectivity index (χ2n) is 8.53. The van der Waals surface area contributed by atoms with Gasteiger partial charge < -0.3 is 14.4 Å². The highest BCUT2D eigenvalue weighted by molar-refractivity contribution is 8.00. The second kappa shape index (κ2) is 9.86. The van der Waals surface area contributed by atoms with E-state index >= 15 is 0 Å². The zero-order valence-corrected chi connectivity index (χ0v) is 19.9. The van der Waals surface area contributed by atoms with E-state index in [1.165, 1.54) is 23.9 Å². The number of anilines is 1. The van der Waals surface area contributed by atoms with Gasteiger partial charge in [0.05, 0.1) is 5.25 Å². The van der Waals surface area contributed by atoms with Crippen molar-refractivity contribution in [1.29, 1.82) is 0 Å². The van der Waals surface area contributed by atoms with E-state index in [1.807, 2.05) is 23.4 Å². The molecule has 0 spiro atoms. The summed E-state index contributed by atoms with van der Waals surface area (Å²) in [5, 5.41) is 9.37. The number of hydrogen-bond donors (Lipinski definition) is 0. The predicted octanol–water partition coefficient (Wildman–Crippen LogP) is 4.31. The zero-order valence-electron chi connectivity index (χ0n) is 19.1. The van der Waals surface area contributed by atoms with Crippen LogP contribution in [-0.4, -0.2) is 57.0 Å². The Kier molecular flexibility index (Phi) is 7.45. The summed E-state index contributed by atoms with van der Waals surface area (Å²) in [7, 11) is 1.97. The monoisotopic (exact) mass is 429 g/mol. The number of thioether (sulfide) groups is 1. The van der Waals surface area contributed by atoms with Gasteiger partial charge in [0.1, 0.15) is 0 Å². The molecule has 0 aliphatic carbocycles. The average Bonchev–Trinajstić information content (AvgIpc) is 3.08. The first-order chi connectivity index (χ1) is 14.3. The predicted molar refractivity (Wildman–Crippen MR) is 125 cm³/mol. The molecule has 0 saturated carbocycles. The number of rotatable bonds is 7. The molecule has 7 heteroatoms. The molecular formula is C23H35N5OS.